The topological polar surface area (TPSA) is 76.6 Å². The molecule has 0 radical (unpaired) electrons. The molecule has 1 fully saturated rings. The van der Waals surface area contributed by atoms with Crippen molar-refractivity contribution in [2.24, 2.45) is 0 Å². The number of methoxy groups -OCH3 is 1. The lowest BCUT2D eigenvalue weighted by atomic mass is 10.2. The highest BCUT2D eigenvalue weighted by atomic mass is 32.3. The van der Waals surface area contributed by atoms with Gasteiger partial charge in [-0.3, -0.25) is 4.79 Å². The van der Waals surface area contributed by atoms with E-state index in [1.165, 1.54) is 18.2 Å². The van der Waals surface area contributed by atoms with Crippen LogP contribution in [-0.2, 0) is 15.0 Å². The predicted molar refractivity (Wildman–Crippen MR) is 66.3 cm³/mol. The first-order valence-corrected chi connectivity index (χ1v) is 7.02. The van der Waals surface area contributed by atoms with Gasteiger partial charge in [0, 0.05) is 19.0 Å². The van der Waals surface area contributed by atoms with Crippen molar-refractivity contribution >= 4 is 21.8 Å². The zero-order chi connectivity index (χ0) is 14.2. The maximum Gasteiger partial charge on any atom is 0.307 e. The van der Waals surface area contributed by atoms with Crippen LogP contribution in [0.15, 0.2) is 12.3 Å². The van der Waals surface area contributed by atoms with Gasteiger partial charge in [0.05, 0.1) is 19.0 Å². The fourth-order valence-electron chi connectivity index (χ4n) is 2.01. The quantitative estimate of drug-likeness (QED) is 0.769. The monoisotopic (exact) mass is 288 g/mol. The van der Waals surface area contributed by atoms with E-state index in [-0.39, 0.29) is 13.0 Å². The molecule has 1 aliphatic rings. The Morgan fingerprint density at radius 2 is 2.21 bits per heavy atom. The van der Waals surface area contributed by atoms with Gasteiger partial charge < -0.3 is 9.64 Å². The molecule has 1 amide bonds. The van der Waals surface area contributed by atoms with Crippen LogP contribution in [0.2, 0.25) is 0 Å². The highest BCUT2D eigenvalue weighted by Gasteiger charge is 2.39. The number of nitrogens with zero attached hydrogens (tertiary/aromatic N) is 2. The van der Waals surface area contributed by atoms with Crippen LogP contribution in [-0.4, -0.2) is 38.2 Å². The number of pyridine rings is 1. The van der Waals surface area contributed by atoms with E-state index in [9.17, 15) is 17.1 Å². The van der Waals surface area contributed by atoms with Crippen molar-refractivity contribution < 1.29 is 21.8 Å². The summed E-state index contributed by atoms with van der Waals surface area (Å²) in [6.45, 7) is 1.55. The van der Waals surface area contributed by atoms with Crippen LogP contribution >= 0.6 is 0 Å². The number of amides is 1. The van der Waals surface area contributed by atoms with Crippen molar-refractivity contribution in [2.75, 3.05) is 18.6 Å². The summed E-state index contributed by atoms with van der Waals surface area (Å²) < 4.78 is 39.6. The fourth-order valence-corrected chi connectivity index (χ4v) is 2.68. The van der Waals surface area contributed by atoms with E-state index in [1.54, 1.807) is 13.0 Å². The maximum atomic E-state index is 12.9. The van der Waals surface area contributed by atoms with Crippen LogP contribution in [0.4, 0.5) is 9.57 Å². The van der Waals surface area contributed by atoms with Crippen LogP contribution in [0, 0.1) is 6.92 Å². The van der Waals surface area contributed by atoms with Crippen molar-refractivity contribution in [3.05, 3.63) is 17.8 Å². The lowest BCUT2D eigenvalue weighted by Gasteiger charge is -2.18. The molecule has 1 aliphatic heterocycles. The maximum absolute atomic E-state index is 12.9. The molecule has 6 nitrogen and oxygen atoms in total. The Labute approximate surface area is 110 Å². The number of hydrogen-bond donors (Lipinski definition) is 0. The molecular weight excluding hydrogens is 275 g/mol. The van der Waals surface area contributed by atoms with Gasteiger partial charge in [0.15, 0.2) is 0 Å². The second kappa shape index (κ2) is 4.76. The normalized spacial score (nSPS) is 19.8. The van der Waals surface area contributed by atoms with E-state index in [0.29, 0.717) is 17.1 Å². The lowest BCUT2D eigenvalue weighted by Crippen LogP contribution is -2.27. The average molecular weight is 288 g/mol. The molecule has 1 aromatic rings. The molecule has 1 aromatic heterocycles. The first-order chi connectivity index (χ1) is 8.82. The minimum Gasteiger partial charge on any atom is -0.481 e. The molecule has 2 rings (SSSR count). The molecule has 1 atom stereocenters. The van der Waals surface area contributed by atoms with Gasteiger partial charge in [0.1, 0.15) is 5.25 Å². The molecule has 0 bridgehead atoms. The van der Waals surface area contributed by atoms with Gasteiger partial charge in [0.2, 0.25) is 11.8 Å². The van der Waals surface area contributed by atoms with Crippen LogP contribution in [0.3, 0.4) is 0 Å². The fraction of sp³-hybridized carbons (Fsp3) is 0.455. The molecule has 0 N–H and O–H groups in total. The van der Waals surface area contributed by atoms with Crippen LogP contribution in [0.5, 0.6) is 5.88 Å². The summed E-state index contributed by atoms with van der Waals surface area (Å²) >= 11 is 0. The highest BCUT2D eigenvalue weighted by Crippen LogP contribution is 2.29. The molecule has 1 unspecified atom stereocenters. The number of aryl methyl sites for hydroxylation is 1. The minimum absolute atomic E-state index is 0.188. The van der Waals surface area contributed by atoms with E-state index in [0.717, 1.165) is 0 Å². The number of anilines is 1. The van der Waals surface area contributed by atoms with Gasteiger partial charge in [-0.1, -0.05) is 0 Å². The Bertz CT molecular complexity index is 617. The van der Waals surface area contributed by atoms with E-state index >= 15 is 0 Å². The second-order valence-corrected chi connectivity index (χ2v) is 5.94. The van der Waals surface area contributed by atoms with Crippen LogP contribution in [0.25, 0.3) is 0 Å². The Hall–Kier alpha value is -1.70. The number of hydrogen-bond acceptors (Lipinski definition) is 5. The number of halogens is 1. The van der Waals surface area contributed by atoms with Gasteiger partial charge in [-0.05, 0) is 12.5 Å². The largest absolute Gasteiger partial charge is 0.481 e. The lowest BCUT2D eigenvalue weighted by molar-refractivity contribution is -0.117. The van der Waals surface area contributed by atoms with Crippen LogP contribution < -0.4 is 9.64 Å². The summed E-state index contributed by atoms with van der Waals surface area (Å²) in [5.74, 6) is -0.0381. The first kappa shape index (κ1) is 13.7. The van der Waals surface area contributed by atoms with Gasteiger partial charge in [0.25, 0.3) is 0 Å². The average Bonchev–Trinajstić information content (AvgIpc) is 2.71. The molecule has 0 aromatic carbocycles. The van der Waals surface area contributed by atoms with Crippen LogP contribution in [0.1, 0.15) is 12.0 Å². The minimum atomic E-state index is -4.71. The molecule has 1 saturated heterocycles. The Morgan fingerprint density at radius 3 is 2.68 bits per heavy atom. The number of aromatic nitrogens is 1. The van der Waals surface area contributed by atoms with Gasteiger partial charge in [-0.15, -0.1) is 3.89 Å². The third-order valence-electron chi connectivity index (χ3n) is 3.05. The summed E-state index contributed by atoms with van der Waals surface area (Å²) in [5.41, 5.74) is 1.18. The predicted octanol–water partition coefficient (Wildman–Crippen LogP) is 0.803. The van der Waals surface area contributed by atoms with Crippen molar-refractivity contribution in [3.63, 3.8) is 0 Å². The molecule has 2 heterocycles. The van der Waals surface area contributed by atoms with Gasteiger partial charge >= 0.3 is 10.2 Å². The Balaban J connectivity index is 2.31. The first-order valence-electron chi connectivity index (χ1n) is 5.57. The molecule has 104 valence electrons. The zero-order valence-corrected chi connectivity index (χ0v) is 11.3. The molecule has 0 saturated carbocycles. The summed E-state index contributed by atoms with van der Waals surface area (Å²) in [6, 6.07) is 1.62. The van der Waals surface area contributed by atoms with Gasteiger partial charge in [-0.25, -0.2) is 4.98 Å². The Kier molecular flexibility index (Phi) is 3.44. The van der Waals surface area contributed by atoms with E-state index in [1.807, 2.05) is 0 Å². The highest BCUT2D eigenvalue weighted by molar-refractivity contribution is 7.87. The summed E-state index contributed by atoms with van der Waals surface area (Å²) in [4.78, 5) is 17.0. The smallest absolute Gasteiger partial charge is 0.307 e. The van der Waals surface area contributed by atoms with Crippen molar-refractivity contribution in [2.45, 2.75) is 18.6 Å². The molecule has 0 spiro atoms. The SMILES string of the molecule is COc1cc(C)c(N2CC(S(=O)(=O)F)CC2=O)cn1. The Morgan fingerprint density at radius 1 is 1.53 bits per heavy atom. The molecule has 8 heteroatoms. The summed E-state index contributed by atoms with van der Waals surface area (Å²) in [6.07, 6.45) is 1.07. The summed E-state index contributed by atoms with van der Waals surface area (Å²) in [5, 5.41) is -1.30. The van der Waals surface area contributed by atoms with Crippen molar-refractivity contribution in [1.29, 1.82) is 0 Å². The third kappa shape index (κ3) is 2.67. The summed E-state index contributed by atoms with van der Waals surface area (Å²) in [7, 11) is -3.24. The molecule has 19 heavy (non-hydrogen) atoms. The second-order valence-electron chi connectivity index (χ2n) is 4.32. The van der Waals surface area contributed by atoms with E-state index in [4.69, 9.17) is 4.74 Å². The number of rotatable bonds is 3. The number of ether oxygens (including phenoxy) is 1. The van der Waals surface area contributed by atoms with Gasteiger partial charge in [-0.2, -0.15) is 8.42 Å². The standard InChI is InChI=1S/C11H13FN2O4S/c1-7-3-10(18-2)13-5-9(7)14-6-8(4-11(14)15)19(12,16)17/h3,5,8H,4,6H2,1-2H3. The van der Waals surface area contributed by atoms with E-state index in [2.05, 4.69) is 4.98 Å². The van der Waals surface area contributed by atoms with E-state index < -0.39 is 21.4 Å². The zero-order valence-electron chi connectivity index (χ0n) is 10.5. The van der Waals surface area contributed by atoms with Crippen molar-refractivity contribution in [1.82, 2.24) is 4.98 Å². The number of carbonyl (C=O) groups excluding carboxylic acids is 1. The molecule has 0 aliphatic carbocycles. The number of carbonyl (C=O) groups is 1. The van der Waals surface area contributed by atoms with Crippen molar-refractivity contribution in [3.8, 4) is 5.88 Å². The molecular formula is C11H13FN2O4S. The third-order valence-corrected chi connectivity index (χ3v) is 4.16.